The first-order chi connectivity index (χ1) is 10.9. The minimum Gasteiger partial charge on any atom is -0.393 e. The van der Waals surface area contributed by atoms with Gasteiger partial charge < -0.3 is 15.0 Å². The Labute approximate surface area is 139 Å². The van der Waals surface area contributed by atoms with E-state index in [-0.39, 0.29) is 29.0 Å². The Morgan fingerprint density at radius 1 is 1.00 bits per heavy atom. The lowest BCUT2D eigenvalue weighted by Gasteiger charge is -2.61. The summed E-state index contributed by atoms with van der Waals surface area (Å²) in [6, 6.07) is 0. The number of fused-ring (bicyclic) bond motifs is 5. The second kappa shape index (κ2) is 5.29. The Morgan fingerprint density at radius 3 is 2.52 bits per heavy atom. The zero-order chi connectivity index (χ0) is 16.4. The summed E-state index contributed by atoms with van der Waals surface area (Å²) < 4.78 is 0. The molecule has 0 bridgehead atoms. The summed E-state index contributed by atoms with van der Waals surface area (Å²) in [6.07, 6.45) is 9.04. The van der Waals surface area contributed by atoms with Gasteiger partial charge in [0.25, 0.3) is 0 Å². The molecule has 4 aliphatic carbocycles. The van der Waals surface area contributed by atoms with E-state index >= 15 is 0 Å². The van der Waals surface area contributed by atoms with Gasteiger partial charge in [0.15, 0.2) is 0 Å². The molecule has 0 aromatic carbocycles. The highest BCUT2D eigenvalue weighted by Crippen LogP contribution is 2.66. The number of hydrogen-bond donors (Lipinski definition) is 2. The summed E-state index contributed by atoms with van der Waals surface area (Å²) in [5.41, 5.74) is -0.132. The minimum atomic E-state index is -0.221. The zero-order valence-electron chi connectivity index (χ0n) is 14.6. The Kier molecular flexibility index (Phi) is 3.70. The predicted octanol–water partition coefficient (Wildman–Crippen LogP) is 3.18. The molecule has 9 atom stereocenters. The van der Waals surface area contributed by atoms with Gasteiger partial charge in [-0.05, 0) is 86.4 Å². The first-order valence-electron chi connectivity index (χ1n) is 9.76. The van der Waals surface area contributed by atoms with E-state index < -0.39 is 0 Å². The van der Waals surface area contributed by atoms with Crippen LogP contribution in [-0.2, 0) is 4.79 Å². The van der Waals surface area contributed by atoms with Crippen molar-refractivity contribution in [3.8, 4) is 0 Å². The van der Waals surface area contributed by atoms with E-state index in [0.29, 0.717) is 23.7 Å². The molecular formula is C20H32O3. The van der Waals surface area contributed by atoms with Gasteiger partial charge in [0, 0.05) is 5.41 Å². The van der Waals surface area contributed by atoms with E-state index in [1.165, 1.54) is 12.7 Å². The molecule has 0 aromatic heterocycles. The number of aliphatic hydroxyl groups excluding tert-OH is 2. The number of rotatable bonds is 1. The predicted molar refractivity (Wildman–Crippen MR) is 88.7 cm³/mol. The van der Waals surface area contributed by atoms with Crippen LogP contribution in [0, 0.1) is 40.4 Å². The molecule has 0 aromatic rings. The molecule has 3 heteroatoms. The van der Waals surface area contributed by atoms with Gasteiger partial charge in [-0.1, -0.05) is 13.8 Å². The highest BCUT2D eigenvalue weighted by atomic mass is 16.3. The Bertz CT molecular complexity index is 491. The smallest absolute Gasteiger partial charge is 0.126 e. The van der Waals surface area contributed by atoms with E-state index in [1.807, 2.05) is 0 Å². The Hall–Kier alpha value is -0.410. The maximum absolute atomic E-state index is 12.4. The summed E-state index contributed by atoms with van der Waals surface area (Å²) in [4.78, 5) is 12.4. The molecule has 0 saturated heterocycles. The Morgan fingerprint density at radius 2 is 1.78 bits per heavy atom. The fourth-order valence-corrected chi connectivity index (χ4v) is 7.66. The van der Waals surface area contributed by atoms with Gasteiger partial charge in [-0.2, -0.15) is 0 Å². The molecule has 2 N–H and O–H groups in total. The van der Waals surface area contributed by atoms with Crippen LogP contribution in [0.1, 0.15) is 65.2 Å². The van der Waals surface area contributed by atoms with Crippen LogP contribution in [0.25, 0.3) is 0 Å². The lowest BCUT2D eigenvalue weighted by Crippen LogP contribution is -2.59. The summed E-state index contributed by atoms with van der Waals surface area (Å²) in [5, 5.41) is 20.7. The van der Waals surface area contributed by atoms with Crippen molar-refractivity contribution < 1.29 is 15.0 Å². The van der Waals surface area contributed by atoms with Crippen molar-refractivity contribution in [1.29, 1.82) is 0 Å². The largest absolute Gasteiger partial charge is 0.393 e. The third-order valence-electron chi connectivity index (χ3n) is 8.82. The molecule has 23 heavy (non-hydrogen) atoms. The SMILES string of the molecule is C[C@@H]1C[C@H](O)C[C@@H]2CC[C@H]3[C@@H]4CC[C@H](O)[C@@]4(C)CC[C@@H]3[C@]21C=O. The fraction of sp³-hybridized carbons (Fsp3) is 0.950. The molecule has 0 aliphatic heterocycles. The molecule has 4 aliphatic rings. The van der Waals surface area contributed by atoms with Crippen molar-refractivity contribution in [2.75, 3.05) is 0 Å². The van der Waals surface area contributed by atoms with Crippen LogP contribution in [0.3, 0.4) is 0 Å². The minimum absolute atomic E-state index is 0.0789. The highest BCUT2D eigenvalue weighted by Gasteiger charge is 2.63. The molecule has 0 heterocycles. The van der Waals surface area contributed by atoms with Crippen molar-refractivity contribution in [2.45, 2.75) is 77.4 Å². The molecule has 0 unspecified atom stereocenters. The van der Waals surface area contributed by atoms with Crippen LogP contribution < -0.4 is 0 Å². The average molecular weight is 320 g/mol. The van der Waals surface area contributed by atoms with E-state index in [4.69, 9.17) is 0 Å². The van der Waals surface area contributed by atoms with Gasteiger partial charge in [0.05, 0.1) is 12.2 Å². The van der Waals surface area contributed by atoms with Crippen LogP contribution in [-0.4, -0.2) is 28.7 Å². The first-order valence-corrected chi connectivity index (χ1v) is 9.76. The van der Waals surface area contributed by atoms with Crippen LogP contribution >= 0.6 is 0 Å². The quantitative estimate of drug-likeness (QED) is 0.730. The van der Waals surface area contributed by atoms with E-state index in [0.717, 1.165) is 44.9 Å². The van der Waals surface area contributed by atoms with Crippen LogP contribution in [0.5, 0.6) is 0 Å². The average Bonchev–Trinajstić information content (AvgIpc) is 2.82. The topological polar surface area (TPSA) is 57.5 Å². The van der Waals surface area contributed by atoms with Crippen molar-refractivity contribution in [2.24, 2.45) is 40.4 Å². The fourth-order valence-electron chi connectivity index (χ4n) is 7.66. The van der Waals surface area contributed by atoms with Gasteiger partial charge in [0.2, 0.25) is 0 Å². The second-order valence-electron chi connectivity index (χ2n) is 9.43. The van der Waals surface area contributed by atoms with Crippen molar-refractivity contribution in [3.05, 3.63) is 0 Å². The van der Waals surface area contributed by atoms with Gasteiger partial charge in [0.1, 0.15) is 6.29 Å². The summed E-state index contributed by atoms with van der Waals surface area (Å²) in [6.45, 7) is 4.49. The Balaban J connectivity index is 1.70. The zero-order valence-corrected chi connectivity index (χ0v) is 14.6. The van der Waals surface area contributed by atoms with Gasteiger partial charge in [-0.3, -0.25) is 0 Å². The van der Waals surface area contributed by atoms with E-state index in [1.54, 1.807) is 0 Å². The molecule has 130 valence electrons. The number of carbonyl (C=O) groups is 1. The summed E-state index contributed by atoms with van der Waals surface area (Å²) in [5.74, 6) is 2.33. The normalized spacial score (nSPS) is 58.9. The molecular weight excluding hydrogens is 288 g/mol. The summed E-state index contributed by atoms with van der Waals surface area (Å²) in [7, 11) is 0. The lowest BCUT2D eigenvalue weighted by atomic mass is 9.42. The van der Waals surface area contributed by atoms with E-state index in [9.17, 15) is 15.0 Å². The van der Waals surface area contributed by atoms with Gasteiger partial charge in [-0.15, -0.1) is 0 Å². The maximum Gasteiger partial charge on any atom is 0.126 e. The molecule has 4 saturated carbocycles. The monoisotopic (exact) mass is 320 g/mol. The molecule has 4 rings (SSSR count). The van der Waals surface area contributed by atoms with Crippen LogP contribution in [0.15, 0.2) is 0 Å². The van der Waals surface area contributed by atoms with Crippen molar-refractivity contribution in [3.63, 3.8) is 0 Å². The molecule has 0 radical (unpaired) electrons. The molecule has 4 fully saturated rings. The van der Waals surface area contributed by atoms with Crippen molar-refractivity contribution >= 4 is 6.29 Å². The summed E-state index contributed by atoms with van der Waals surface area (Å²) >= 11 is 0. The van der Waals surface area contributed by atoms with E-state index in [2.05, 4.69) is 13.8 Å². The molecule has 3 nitrogen and oxygen atoms in total. The third kappa shape index (κ3) is 1.99. The second-order valence-corrected chi connectivity index (χ2v) is 9.43. The number of aldehydes is 1. The van der Waals surface area contributed by atoms with Gasteiger partial charge >= 0.3 is 0 Å². The van der Waals surface area contributed by atoms with Crippen LogP contribution in [0.2, 0.25) is 0 Å². The first kappa shape index (κ1) is 16.1. The van der Waals surface area contributed by atoms with Crippen LogP contribution in [0.4, 0.5) is 0 Å². The third-order valence-corrected chi connectivity index (χ3v) is 8.82. The standard InChI is InChI=1S/C20H32O3/c1-12-9-14(22)10-13-3-4-15-16-5-6-18(23)19(16,2)8-7-17(15)20(12,13)11-21/h11-18,22-23H,3-10H2,1-2H3/t12-,13+,14+,15+,16+,17+,18+,19+,20+/m1/s1. The number of carbonyl (C=O) groups excluding carboxylic acids is 1. The van der Waals surface area contributed by atoms with Gasteiger partial charge in [-0.25, -0.2) is 0 Å². The maximum atomic E-state index is 12.4. The molecule has 0 spiro atoms. The highest BCUT2D eigenvalue weighted by molar-refractivity contribution is 5.62. The van der Waals surface area contributed by atoms with Crippen molar-refractivity contribution in [1.82, 2.24) is 0 Å². The number of aliphatic hydroxyl groups is 2. The lowest BCUT2D eigenvalue weighted by molar-refractivity contribution is -0.169. The number of hydrogen-bond acceptors (Lipinski definition) is 3. The molecule has 0 amide bonds.